The average molecular weight is 349 g/mol. The number of hydrogen-bond acceptors (Lipinski definition) is 6. The maximum Gasteiger partial charge on any atom is 0.185 e. The first kappa shape index (κ1) is 15.9. The zero-order chi connectivity index (χ0) is 17.4. The lowest BCUT2D eigenvalue weighted by molar-refractivity contribution is 0.652. The van der Waals surface area contributed by atoms with E-state index in [-0.39, 0.29) is 0 Å². The van der Waals surface area contributed by atoms with Crippen molar-refractivity contribution in [1.29, 1.82) is 5.26 Å². The van der Waals surface area contributed by atoms with Crippen molar-refractivity contribution >= 4 is 33.1 Å². The molecular weight excluding hydrogens is 330 g/mol. The van der Waals surface area contributed by atoms with Crippen molar-refractivity contribution in [2.75, 3.05) is 36.0 Å². The number of hydrogen-bond donors (Lipinski definition) is 0. The Morgan fingerprint density at radius 1 is 1.08 bits per heavy atom. The highest BCUT2D eigenvalue weighted by Gasteiger charge is 2.23. The monoisotopic (exact) mass is 349 g/mol. The van der Waals surface area contributed by atoms with Crippen molar-refractivity contribution in [3.8, 4) is 6.07 Å². The van der Waals surface area contributed by atoms with Gasteiger partial charge in [0.25, 0.3) is 0 Å². The number of para-hydroxylation sites is 1. The van der Waals surface area contributed by atoms with Gasteiger partial charge in [-0.1, -0.05) is 18.2 Å². The van der Waals surface area contributed by atoms with Crippen LogP contribution in [0.15, 0.2) is 30.5 Å². The van der Waals surface area contributed by atoms with Gasteiger partial charge in [0.2, 0.25) is 0 Å². The molecule has 0 spiro atoms. The number of anilines is 2. The van der Waals surface area contributed by atoms with Crippen LogP contribution >= 0.6 is 11.3 Å². The summed E-state index contributed by atoms with van der Waals surface area (Å²) in [6.45, 7) is 7.76. The molecule has 1 aliphatic rings. The summed E-state index contributed by atoms with van der Waals surface area (Å²) >= 11 is 1.76. The lowest BCUT2D eigenvalue weighted by Crippen LogP contribution is -2.46. The normalized spacial score (nSPS) is 14.8. The molecule has 0 unspecified atom stereocenters. The Hall–Kier alpha value is -2.65. The number of fused-ring (bicyclic) bond motifs is 1. The Labute approximate surface area is 151 Å². The van der Waals surface area contributed by atoms with Crippen LogP contribution in [0.25, 0.3) is 10.9 Å². The molecule has 0 radical (unpaired) electrons. The molecule has 0 atom stereocenters. The molecule has 6 heteroatoms. The number of rotatable bonds is 2. The highest BCUT2D eigenvalue weighted by molar-refractivity contribution is 7.15. The molecule has 0 bridgehead atoms. The molecule has 0 aliphatic carbocycles. The third-order valence-corrected chi connectivity index (χ3v) is 5.88. The van der Waals surface area contributed by atoms with Crippen LogP contribution in [-0.4, -0.2) is 36.1 Å². The van der Waals surface area contributed by atoms with Crippen molar-refractivity contribution in [3.63, 3.8) is 0 Å². The van der Waals surface area contributed by atoms with Crippen LogP contribution in [0.5, 0.6) is 0 Å². The SMILES string of the molecule is Cc1nc(N2CCN(c3c(C#N)cnc4ccccc34)CC2)sc1C. The molecule has 5 nitrogen and oxygen atoms in total. The van der Waals surface area contributed by atoms with Gasteiger partial charge in [-0.2, -0.15) is 5.26 Å². The van der Waals surface area contributed by atoms with Gasteiger partial charge in [-0.05, 0) is 19.9 Å². The maximum absolute atomic E-state index is 9.54. The first-order valence-corrected chi connectivity index (χ1v) is 9.21. The van der Waals surface area contributed by atoms with E-state index in [2.05, 4.69) is 45.8 Å². The maximum atomic E-state index is 9.54. The minimum atomic E-state index is 0.646. The largest absolute Gasteiger partial charge is 0.366 e. The minimum absolute atomic E-state index is 0.646. The Morgan fingerprint density at radius 3 is 2.48 bits per heavy atom. The van der Waals surface area contributed by atoms with E-state index < -0.39 is 0 Å². The van der Waals surface area contributed by atoms with Gasteiger partial charge in [-0.3, -0.25) is 4.98 Å². The Bertz CT molecular complexity index is 944. The fourth-order valence-corrected chi connectivity index (χ4v) is 4.22. The molecule has 25 heavy (non-hydrogen) atoms. The van der Waals surface area contributed by atoms with E-state index in [9.17, 15) is 5.26 Å². The van der Waals surface area contributed by atoms with E-state index in [1.807, 2.05) is 18.2 Å². The second-order valence-corrected chi connectivity index (χ2v) is 7.44. The van der Waals surface area contributed by atoms with Crippen LogP contribution in [-0.2, 0) is 0 Å². The molecule has 126 valence electrons. The van der Waals surface area contributed by atoms with E-state index in [0.29, 0.717) is 5.56 Å². The van der Waals surface area contributed by atoms with Crippen LogP contribution in [0.1, 0.15) is 16.1 Å². The predicted molar refractivity (Wildman–Crippen MR) is 102 cm³/mol. The third kappa shape index (κ3) is 2.81. The number of aromatic nitrogens is 2. The molecule has 1 fully saturated rings. The molecule has 0 saturated carbocycles. The summed E-state index contributed by atoms with van der Waals surface area (Å²) in [5.74, 6) is 0. The summed E-state index contributed by atoms with van der Waals surface area (Å²) in [5.41, 5.74) is 3.71. The molecule has 0 N–H and O–H groups in total. The van der Waals surface area contributed by atoms with Gasteiger partial charge < -0.3 is 9.80 Å². The van der Waals surface area contributed by atoms with Crippen molar-refractivity contribution < 1.29 is 0 Å². The Balaban J connectivity index is 1.63. The molecule has 1 aliphatic heterocycles. The standard InChI is InChI=1S/C19H19N5S/c1-13-14(2)25-19(22-13)24-9-7-23(8-10-24)18-15(11-20)12-21-17-6-4-3-5-16(17)18/h3-6,12H,7-10H2,1-2H3. The van der Waals surface area contributed by atoms with Gasteiger partial charge in [-0.15, -0.1) is 11.3 Å². The molecule has 1 aromatic carbocycles. The van der Waals surface area contributed by atoms with Crippen LogP contribution < -0.4 is 9.80 Å². The molecule has 2 aromatic heterocycles. The number of nitrogens with zero attached hydrogens (tertiary/aromatic N) is 5. The summed E-state index contributed by atoms with van der Waals surface area (Å²) in [5, 5.41) is 11.7. The average Bonchev–Trinajstić information content (AvgIpc) is 2.99. The number of piperazine rings is 1. The first-order chi connectivity index (χ1) is 12.2. The number of benzene rings is 1. The van der Waals surface area contributed by atoms with E-state index in [4.69, 9.17) is 0 Å². The molecule has 1 saturated heterocycles. The van der Waals surface area contributed by atoms with Crippen molar-refractivity contribution in [3.05, 3.63) is 46.6 Å². The zero-order valence-electron chi connectivity index (χ0n) is 14.4. The van der Waals surface area contributed by atoms with Crippen LogP contribution in [0, 0.1) is 25.2 Å². The predicted octanol–water partition coefficient (Wildman–Crippen LogP) is 3.51. The quantitative estimate of drug-likeness (QED) is 0.709. The Morgan fingerprint density at radius 2 is 1.80 bits per heavy atom. The topological polar surface area (TPSA) is 56.1 Å². The van der Waals surface area contributed by atoms with Crippen molar-refractivity contribution in [1.82, 2.24) is 9.97 Å². The molecular formula is C19H19N5S. The van der Waals surface area contributed by atoms with Crippen molar-refractivity contribution in [2.45, 2.75) is 13.8 Å². The molecule has 3 aromatic rings. The highest BCUT2D eigenvalue weighted by atomic mass is 32.1. The van der Waals surface area contributed by atoms with Crippen LogP contribution in [0.2, 0.25) is 0 Å². The summed E-state index contributed by atoms with van der Waals surface area (Å²) < 4.78 is 0. The zero-order valence-corrected chi connectivity index (χ0v) is 15.2. The highest BCUT2D eigenvalue weighted by Crippen LogP contribution is 2.31. The fraction of sp³-hybridized carbons (Fsp3) is 0.316. The second-order valence-electron chi connectivity index (χ2n) is 6.26. The third-order valence-electron chi connectivity index (χ3n) is 4.75. The van der Waals surface area contributed by atoms with E-state index in [1.54, 1.807) is 17.5 Å². The molecule has 0 amide bonds. The van der Waals surface area contributed by atoms with Gasteiger partial charge in [0.15, 0.2) is 5.13 Å². The summed E-state index contributed by atoms with van der Waals surface area (Å²) in [6, 6.07) is 10.4. The van der Waals surface area contributed by atoms with Crippen molar-refractivity contribution in [2.24, 2.45) is 0 Å². The first-order valence-electron chi connectivity index (χ1n) is 8.39. The molecule has 4 rings (SSSR count). The smallest absolute Gasteiger partial charge is 0.185 e. The number of pyridine rings is 1. The van der Waals surface area contributed by atoms with E-state index in [0.717, 1.165) is 53.6 Å². The lowest BCUT2D eigenvalue weighted by atomic mass is 10.1. The van der Waals surface area contributed by atoms with Gasteiger partial charge in [-0.25, -0.2) is 4.98 Å². The number of aryl methyl sites for hydroxylation is 2. The summed E-state index contributed by atoms with van der Waals surface area (Å²) in [4.78, 5) is 15.0. The minimum Gasteiger partial charge on any atom is -0.366 e. The van der Waals surface area contributed by atoms with E-state index >= 15 is 0 Å². The van der Waals surface area contributed by atoms with E-state index in [1.165, 1.54) is 4.88 Å². The van der Waals surface area contributed by atoms with Crippen LogP contribution in [0.4, 0.5) is 10.8 Å². The van der Waals surface area contributed by atoms with Crippen LogP contribution in [0.3, 0.4) is 0 Å². The fourth-order valence-electron chi connectivity index (χ4n) is 3.26. The second kappa shape index (κ2) is 6.34. The van der Waals surface area contributed by atoms with Gasteiger partial charge in [0.1, 0.15) is 6.07 Å². The Kier molecular flexibility index (Phi) is 4.02. The number of nitriles is 1. The number of thiazole rings is 1. The summed E-state index contributed by atoms with van der Waals surface area (Å²) in [6.07, 6.45) is 1.69. The van der Waals surface area contributed by atoms with Gasteiger partial charge in [0, 0.05) is 42.6 Å². The van der Waals surface area contributed by atoms with Gasteiger partial charge in [0.05, 0.1) is 22.5 Å². The lowest BCUT2D eigenvalue weighted by Gasteiger charge is -2.36. The summed E-state index contributed by atoms with van der Waals surface area (Å²) in [7, 11) is 0. The molecule has 3 heterocycles. The van der Waals surface area contributed by atoms with Gasteiger partial charge >= 0.3 is 0 Å².